The predicted octanol–water partition coefficient (Wildman–Crippen LogP) is 3.04. The Morgan fingerprint density at radius 2 is 1.86 bits per heavy atom. The van der Waals surface area contributed by atoms with Gasteiger partial charge < -0.3 is 19.9 Å². The molecule has 1 heterocycles. The fraction of sp³-hybridized carbons (Fsp3) is 0.474. The van der Waals surface area contributed by atoms with E-state index in [1.807, 2.05) is 0 Å². The van der Waals surface area contributed by atoms with Crippen LogP contribution >= 0.6 is 0 Å². The van der Waals surface area contributed by atoms with E-state index in [2.05, 4.69) is 20.8 Å². The Labute approximate surface area is 162 Å². The molecule has 0 fully saturated rings. The minimum absolute atomic E-state index is 0.00769. The van der Waals surface area contributed by atoms with Gasteiger partial charge in [0.25, 0.3) is 0 Å². The molecule has 0 saturated carbocycles. The molecule has 8 nitrogen and oxygen atoms in total. The zero-order chi connectivity index (χ0) is 20.9. The Bertz CT molecular complexity index is 812. The summed E-state index contributed by atoms with van der Waals surface area (Å²) in [7, 11) is 0. The van der Waals surface area contributed by atoms with Crippen LogP contribution in [-0.4, -0.2) is 33.8 Å². The summed E-state index contributed by atoms with van der Waals surface area (Å²) >= 11 is 0. The van der Waals surface area contributed by atoms with Crippen LogP contribution in [0.2, 0.25) is 0 Å². The number of carbonyl (C=O) groups is 2. The summed E-state index contributed by atoms with van der Waals surface area (Å²) in [6.45, 7) is 8.83. The molecule has 1 aromatic heterocycles. The predicted molar refractivity (Wildman–Crippen MR) is 99.5 cm³/mol. The highest BCUT2D eigenvalue weighted by Crippen LogP contribution is 2.16. The first kappa shape index (κ1) is 21.3. The molecular formula is C19H25FN4O4. The zero-order valence-electron chi connectivity index (χ0n) is 16.6. The van der Waals surface area contributed by atoms with Crippen LogP contribution in [-0.2, 0) is 16.1 Å². The van der Waals surface area contributed by atoms with E-state index in [9.17, 15) is 14.0 Å². The van der Waals surface area contributed by atoms with Crippen molar-refractivity contribution in [3.63, 3.8) is 0 Å². The highest BCUT2D eigenvalue weighted by Gasteiger charge is 2.27. The molecule has 2 amide bonds. The lowest BCUT2D eigenvalue weighted by Gasteiger charge is -2.25. The Morgan fingerprint density at radius 3 is 2.43 bits per heavy atom. The lowest BCUT2D eigenvalue weighted by atomic mass is 10.0. The summed E-state index contributed by atoms with van der Waals surface area (Å²) in [5.41, 5.74) is -0.0721. The molecule has 0 aliphatic heterocycles. The summed E-state index contributed by atoms with van der Waals surface area (Å²) < 4.78 is 23.3. The number of halogens is 1. The van der Waals surface area contributed by atoms with Gasteiger partial charge in [-0.1, -0.05) is 19.0 Å². The standard InChI is InChI=1S/C19H25FN4O4/c1-11(2)15(23-18(26)27-19(3,4)5)17(25)21-10-14-22-16(24-28-14)12-6-8-13(20)9-7-12/h6-9,11,15H,10H2,1-5H3,(H,21,25)(H,23,26). The van der Waals surface area contributed by atoms with Crippen LogP contribution in [0.3, 0.4) is 0 Å². The molecule has 2 rings (SSSR count). The van der Waals surface area contributed by atoms with E-state index in [0.717, 1.165) is 0 Å². The zero-order valence-corrected chi connectivity index (χ0v) is 16.6. The van der Waals surface area contributed by atoms with E-state index >= 15 is 0 Å². The SMILES string of the molecule is CC(C)C(NC(=O)OC(C)(C)C)C(=O)NCc1nc(-c2ccc(F)cc2)no1. The monoisotopic (exact) mass is 392 g/mol. The second kappa shape index (κ2) is 8.81. The Morgan fingerprint density at radius 1 is 1.21 bits per heavy atom. The molecule has 0 aliphatic rings. The van der Waals surface area contributed by atoms with Gasteiger partial charge in [0.1, 0.15) is 17.5 Å². The summed E-state index contributed by atoms with van der Waals surface area (Å²) in [6, 6.07) is 4.87. The average Bonchev–Trinajstić information content (AvgIpc) is 3.05. The number of ether oxygens (including phenoxy) is 1. The second-order valence-electron chi connectivity index (χ2n) is 7.60. The number of carbonyl (C=O) groups excluding carboxylic acids is 2. The molecular weight excluding hydrogens is 367 g/mol. The highest BCUT2D eigenvalue weighted by molar-refractivity contribution is 5.85. The maximum atomic E-state index is 13.0. The molecule has 1 aromatic carbocycles. The summed E-state index contributed by atoms with van der Waals surface area (Å²) in [6.07, 6.45) is -0.669. The molecule has 0 saturated heterocycles. The van der Waals surface area contributed by atoms with Crippen molar-refractivity contribution in [1.82, 2.24) is 20.8 Å². The molecule has 2 aromatic rings. The van der Waals surface area contributed by atoms with Gasteiger partial charge in [-0.25, -0.2) is 9.18 Å². The Hall–Kier alpha value is -2.97. The molecule has 28 heavy (non-hydrogen) atoms. The van der Waals surface area contributed by atoms with Gasteiger partial charge in [-0.3, -0.25) is 4.79 Å². The molecule has 0 bridgehead atoms. The van der Waals surface area contributed by atoms with Crippen molar-refractivity contribution < 1.29 is 23.2 Å². The molecule has 0 spiro atoms. The lowest BCUT2D eigenvalue weighted by Crippen LogP contribution is -2.50. The first-order chi connectivity index (χ1) is 13.0. The van der Waals surface area contributed by atoms with Crippen LogP contribution in [0.25, 0.3) is 11.4 Å². The third-order valence-corrected chi connectivity index (χ3v) is 3.61. The van der Waals surface area contributed by atoms with Gasteiger partial charge in [0, 0.05) is 5.56 Å². The van der Waals surface area contributed by atoms with Crippen molar-refractivity contribution in [3.05, 3.63) is 36.0 Å². The van der Waals surface area contributed by atoms with E-state index in [1.165, 1.54) is 24.3 Å². The molecule has 2 N–H and O–H groups in total. The molecule has 0 radical (unpaired) electrons. The number of alkyl carbamates (subject to hydrolysis) is 1. The second-order valence-corrected chi connectivity index (χ2v) is 7.60. The normalized spacial score (nSPS) is 12.5. The maximum Gasteiger partial charge on any atom is 0.408 e. The van der Waals surface area contributed by atoms with Crippen molar-refractivity contribution in [2.75, 3.05) is 0 Å². The Balaban J connectivity index is 1.95. The van der Waals surface area contributed by atoms with E-state index in [0.29, 0.717) is 5.56 Å². The Kier molecular flexibility index (Phi) is 6.71. The highest BCUT2D eigenvalue weighted by atomic mass is 19.1. The third-order valence-electron chi connectivity index (χ3n) is 3.61. The van der Waals surface area contributed by atoms with Crippen molar-refractivity contribution in [3.8, 4) is 11.4 Å². The van der Waals surface area contributed by atoms with Gasteiger partial charge in [-0.05, 0) is 51.0 Å². The molecule has 1 atom stereocenters. The number of rotatable bonds is 6. The molecule has 9 heteroatoms. The summed E-state index contributed by atoms with van der Waals surface area (Å²) in [5.74, 6) is -0.451. The van der Waals surface area contributed by atoms with Crippen molar-refractivity contribution >= 4 is 12.0 Å². The van der Waals surface area contributed by atoms with E-state index in [4.69, 9.17) is 9.26 Å². The molecule has 1 unspecified atom stereocenters. The van der Waals surface area contributed by atoms with Gasteiger partial charge in [-0.2, -0.15) is 4.98 Å². The number of nitrogens with zero attached hydrogens (tertiary/aromatic N) is 2. The third kappa shape index (κ3) is 6.33. The topological polar surface area (TPSA) is 106 Å². The van der Waals surface area contributed by atoms with Crippen LogP contribution in [0.5, 0.6) is 0 Å². The minimum Gasteiger partial charge on any atom is -0.444 e. The van der Waals surface area contributed by atoms with Crippen LogP contribution in [0.1, 0.15) is 40.5 Å². The summed E-state index contributed by atoms with van der Waals surface area (Å²) in [5, 5.41) is 9.04. The van der Waals surface area contributed by atoms with E-state index in [1.54, 1.807) is 34.6 Å². The number of benzene rings is 1. The number of hydrogen-bond donors (Lipinski definition) is 2. The van der Waals surface area contributed by atoms with Gasteiger partial charge >= 0.3 is 6.09 Å². The van der Waals surface area contributed by atoms with Crippen LogP contribution in [0.15, 0.2) is 28.8 Å². The fourth-order valence-electron chi connectivity index (χ4n) is 2.29. The van der Waals surface area contributed by atoms with Gasteiger partial charge in [-0.15, -0.1) is 0 Å². The van der Waals surface area contributed by atoms with E-state index in [-0.39, 0.29) is 30.0 Å². The first-order valence-electron chi connectivity index (χ1n) is 8.91. The number of hydrogen-bond acceptors (Lipinski definition) is 6. The average molecular weight is 392 g/mol. The van der Waals surface area contributed by atoms with Crippen LogP contribution in [0, 0.1) is 11.7 Å². The van der Waals surface area contributed by atoms with Crippen LogP contribution in [0.4, 0.5) is 9.18 Å². The van der Waals surface area contributed by atoms with Crippen molar-refractivity contribution in [1.29, 1.82) is 0 Å². The molecule has 0 aliphatic carbocycles. The number of aromatic nitrogens is 2. The summed E-state index contributed by atoms with van der Waals surface area (Å²) in [4.78, 5) is 28.6. The quantitative estimate of drug-likeness (QED) is 0.783. The van der Waals surface area contributed by atoms with E-state index < -0.39 is 23.6 Å². The number of nitrogens with one attached hydrogen (secondary N) is 2. The first-order valence-corrected chi connectivity index (χ1v) is 8.91. The lowest BCUT2D eigenvalue weighted by molar-refractivity contribution is -0.124. The van der Waals surface area contributed by atoms with Crippen molar-refractivity contribution in [2.45, 2.75) is 52.8 Å². The maximum absolute atomic E-state index is 13.0. The fourth-order valence-corrected chi connectivity index (χ4v) is 2.29. The van der Waals surface area contributed by atoms with Crippen LogP contribution < -0.4 is 10.6 Å². The number of amides is 2. The smallest absolute Gasteiger partial charge is 0.408 e. The largest absolute Gasteiger partial charge is 0.444 e. The van der Waals surface area contributed by atoms with Gasteiger partial charge in [0.2, 0.25) is 17.6 Å². The van der Waals surface area contributed by atoms with Gasteiger partial charge in [0.15, 0.2) is 0 Å². The molecule has 152 valence electrons. The van der Waals surface area contributed by atoms with Crippen molar-refractivity contribution in [2.24, 2.45) is 5.92 Å². The minimum atomic E-state index is -0.783. The van der Waals surface area contributed by atoms with Gasteiger partial charge in [0.05, 0.1) is 6.54 Å².